The number of aliphatic hydroxyl groups excluding tert-OH is 1. The molecule has 0 aliphatic carbocycles. The third kappa shape index (κ3) is 1.82. The maximum atomic E-state index is 9.15. The summed E-state index contributed by atoms with van der Waals surface area (Å²) in [6.07, 6.45) is -0.417. The molecule has 1 rings (SSSR count). The molecule has 1 aliphatic rings. The van der Waals surface area contributed by atoms with Gasteiger partial charge in [-0.25, -0.2) is 0 Å². The minimum Gasteiger partial charge on any atom is -0.377 e. The first kappa shape index (κ1) is 7.34. The number of rotatable bonds is 2. The summed E-state index contributed by atoms with van der Waals surface area (Å²) in [7, 11) is 0. The number of nitrogens with two attached hydrogens (primary N) is 1. The number of thioether (sulfide) groups is 1. The fourth-order valence-corrected chi connectivity index (χ4v) is 1.84. The van der Waals surface area contributed by atoms with Gasteiger partial charge in [-0.05, 0) is 0 Å². The van der Waals surface area contributed by atoms with Crippen LogP contribution in [0.5, 0.6) is 0 Å². The van der Waals surface area contributed by atoms with E-state index < -0.39 is 6.23 Å². The van der Waals surface area contributed by atoms with Gasteiger partial charge in [0.25, 0.3) is 0 Å². The minimum atomic E-state index is -0.417. The van der Waals surface area contributed by atoms with Crippen molar-refractivity contribution < 1.29 is 5.11 Å². The predicted octanol–water partition coefficient (Wildman–Crippen LogP) is -0.730. The van der Waals surface area contributed by atoms with Gasteiger partial charge in [0.05, 0.1) is 0 Å². The van der Waals surface area contributed by atoms with Gasteiger partial charge in [0.2, 0.25) is 0 Å². The lowest BCUT2D eigenvalue weighted by Crippen LogP contribution is -2.38. The second-order valence-corrected chi connectivity index (χ2v) is 3.14. The van der Waals surface area contributed by atoms with Gasteiger partial charge in [-0.15, -0.1) is 11.8 Å². The Morgan fingerprint density at radius 3 is 3.00 bits per heavy atom. The fraction of sp³-hybridized carbons (Fsp3) is 1.00. The summed E-state index contributed by atoms with van der Waals surface area (Å²) in [6.45, 7) is 1.32. The average molecular weight is 148 g/mol. The van der Waals surface area contributed by atoms with Gasteiger partial charge in [-0.2, -0.15) is 0 Å². The van der Waals surface area contributed by atoms with Gasteiger partial charge < -0.3 is 10.8 Å². The molecule has 1 aliphatic heterocycles. The Morgan fingerprint density at radius 1 is 1.78 bits per heavy atom. The zero-order chi connectivity index (χ0) is 6.69. The maximum Gasteiger partial charge on any atom is 0.120 e. The van der Waals surface area contributed by atoms with E-state index in [9.17, 15) is 0 Å². The maximum absolute atomic E-state index is 9.15. The molecular formula is C5H12N2OS. The summed E-state index contributed by atoms with van der Waals surface area (Å²) in [6, 6.07) is 0. The van der Waals surface area contributed by atoms with Gasteiger partial charge >= 0.3 is 0 Å². The molecule has 0 radical (unpaired) electrons. The lowest BCUT2D eigenvalue weighted by molar-refractivity contribution is 0.0339. The Bertz CT molecular complexity index is 85.0. The molecule has 0 bridgehead atoms. The quantitative estimate of drug-likeness (QED) is 0.542. The molecular weight excluding hydrogens is 136 g/mol. The summed E-state index contributed by atoms with van der Waals surface area (Å²) in [5, 5.41) is 9.15. The summed E-state index contributed by atoms with van der Waals surface area (Å²) < 4.78 is 0. The van der Waals surface area contributed by atoms with E-state index in [0.29, 0.717) is 6.54 Å². The Kier molecular flexibility index (Phi) is 2.78. The molecule has 1 atom stereocenters. The lowest BCUT2D eigenvalue weighted by Gasteiger charge is -2.19. The van der Waals surface area contributed by atoms with Crippen molar-refractivity contribution in [3.8, 4) is 0 Å². The van der Waals surface area contributed by atoms with Crippen LogP contribution in [0.15, 0.2) is 0 Å². The molecule has 3 N–H and O–H groups in total. The molecule has 0 amide bonds. The van der Waals surface area contributed by atoms with Crippen molar-refractivity contribution in [1.82, 2.24) is 4.90 Å². The van der Waals surface area contributed by atoms with Crippen LogP contribution in [0.1, 0.15) is 0 Å². The summed E-state index contributed by atoms with van der Waals surface area (Å²) in [5.41, 5.74) is 5.25. The molecule has 0 aromatic rings. The fourth-order valence-electron chi connectivity index (χ4n) is 0.812. The van der Waals surface area contributed by atoms with Crippen LogP contribution in [0.3, 0.4) is 0 Å². The number of hydrogen-bond acceptors (Lipinski definition) is 4. The van der Waals surface area contributed by atoms with Crippen molar-refractivity contribution in [1.29, 1.82) is 0 Å². The first-order chi connectivity index (χ1) is 4.34. The van der Waals surface area contributed by atoms with E-state index in [-0.39, 0.29) is 0 Å². The van der Waals surface area contributed by atoms with Crippen molar-refractivity contribution in [3.05, 3.63) is 0 Å². The zero-order valence-corrected chi connectivity index (χ0v) is 6.10. The van der Waals surface area contributed by atoms with Crippen LogP contribution in [-0.2, 0) is 0 Å². The standard InChI is InChI=1S/C5H12N2OS/c6-3-5(8)7-1-2-9-4-7/h5,8H,1-4,6H2. The largest absolute Gasteiger partial charge is 0.377 e. The minimum absolute atomic E-state index is 0.348. The Labute approximate surface area is 59.2 Å². The summed E-state index contributed by atoms with van der Waals surface area (Å²) >= 11 is 1.84. The molecule has 0 spiro atoms. The van der Waals surface area contributed by atoms with Crippen molar-refractivity contribution >= 4 is 11.8 Å². The van der Waals surface area contributed by atoms with Crippen LogP contribution in [0.2, 0.25) is 0 Å². The molecule has 0 aromatic carbocycles. The molecule has 3 nitrogen and oxygen atoms in total. The topological polar surface area (TPSA) is 49.5 Å². The SMILES string of the molecule is NCC(O)N1CCSC1. The van der Waals surface area contributed by atoms with Crippen LogP contribution < -0.4 is 5.73 Å². The van der Waals surface area contributed by atoms with E-state index in [1.165, 1.54) is 0 Å². The van der Waals surface area contributed by atoms with Crippen molar-refractivity contribution in [2.45, 2.75) is 6.23 Å². The van der Waals surface area contributed by atoms with Gasteiger partial charge in [-0.1, -0.05) is 0 Å². The predicted molar refractivity (Wildman–Crippen MR) is 39.1 cm³/mol. The van der Waals surface area contributed by atoms with E-state index in [2.05, 4.69) is 0 Å². The third-order valence-electron chi connectivity index (χ3n) is 1.41. The number of nitrogens with zero attached hydrogens (tertiary/aromatic N) is 1. The van der Waals surface area contributed by atoms with E-state index in [1.54, 1.807) is 0 Å². The number of hydrogen-bond donors (Lipinski definition) is 2. The van der Waals surface area contributed by atoms with Gasteiger partial charge in [0, 0.05) is 24.7 Å². The Hall–Kier alpha value is 0.230. The second-order valence-electron chi connectivity index (χ2n) is 2.07. The molecule has 1 unspecified atom stereocenters. The molecule has 1 heterocycles. The molecule has 54 valence electrons. The molecule has 4 heteroatoms. The first-order valence-electron chi connectivity index (χ1n) is 3.04. The molecule has 0 aromatic heterocycles. The monoisotopic (exact) mass is 148 g/mol. The molecule has 0 saturated carbocycles. The lowest BCUT2D eigenvalue weighted by atomic mass is 10.5. The van der Waals surface area contributed by atoms with Crippen molar-refractivity contribution in [2.24, 2.45) is 5.73 Å². The highest BCUT2D eigenvalue weighted by Crippen LogP contribution is 2.14. The van der Waals surface area contributed by atoms with E-state index in [4.69, 9.17) is 10.8 Å². The number of aliphatic hydroxyl groups is 1. The normalized spacial score (nSPS) is 24.7. The summed E-state index contributed by atoms with van der Waals surface area (Å²) in [5.74, 6) is 2.05. The zero-order valence-electron chi connectivity index (χ0n) is 5.29. The molecule has 1 fully saturated rings. The van der Waals surface area contributed by atoms with E-state index >= 15 is 0 Å². The molecule has 9 heavy (non-hydrogen) atoms. The average Bonchev–Trinajstić information content (AvgIpc) is 2.37. The van der Waals surface area contributed by atoms with Gasteiger partial charge in [-0.3, -0.25) is 4.90 Å². The van der Waals surface area contributed by atoms with E-state index in [0.717, 1.165) is 18.2 Å². The highest BCUT2D eigenvalue weighted by Gasteiger charge is 2.17. The van der Waals surface area contributed by atoms with Crippen molar-refractivity contribution in [3.63, 3.8) is 0 Å². The first-order valence-corrected chi connectivity index (χ1v) is 4.20. The van der Waals surface area contributed by atoms with Gasteiger partial charge in [0.1, 0.15) is 6.23 Å². The second kappa shape index (κ2) is 3.41. The van der Waals surface area contributed by atoms with Crippen LogP contribution in [-0.4, -0.2) is 41.0 Å². The Balaban J connectivity index is 2.24. The molecule has 1 saturated heterocycles. The van der Waals surface area contributed by atoms with Crippen LogP contribution in [0.25, 0.3) is 0 Å². The van der Waals surface area contributed by atoms with Crippen LogP contribution in [0.4, 0.5) is 0 Å². The third-order valence-corrected chi connectivity index (χ3v) is 2.40. The highest BCUT2D eigenvalue weighted by atomic mass is 32.2. The van der Waals surface area contributed by atoms with Crippen molar-refractivity contribution in [2.75, 3.05) is 24.7 Å². The Morgan fingerprint density at radius 2 is 2.56 bits per heavy atom. The van der Waals surface area contributed by atoms with Crippen LogP contribution >= 0.6 is 11.8 Å². The van der Waals surface area contributed by atoms with Crippen LogP contribution in [0, 0.1) is 0 Å². The smallest absolute Gasteiger partial charge is 0.120 e. The van der Waals surface area contributed by atoms with Gasteiger partial charge in [0.15, 0.2) is 0 Å². The van der Waals surface area contributed by atoms with E-state index in [1.807, 2.05) is 16.7 Å². The summed E-state index contributed by atoms with van der Waals surface area (Å²) in [4.78, 5) is 1.98. The highest BCUT2D eigenvalue weighted by molar-refractivity contribution is 7.99.